The van der Waals surface area contributed by atoms with Crippen molar-refractivity contribution in [3.8, 4) is 5.75 Å². The van der Waals surface area contributed by atoms with E-state index < -0.39 is 17.3 Å². The summed E-state index contributed by atoms with van der Waals surface area (Å²) in [5.41, 5.74) is 0.0685. The van der Waals surface area contributed by atoms with Crippen molar-refractivity contribution in [2.45, 2.75) is 0 Å². The summed E-state index contributed by atoms with van der Waals surface area (Å²) in [5.74, 6) is -2.11. The predicted octanol–water partition coefficient (Wildman–Crippen LogP) is 2.01. The number of methoxy groups -OCH3 is 1. The minimum absolute atomic E-state index is 0.0405. The molecule has 15 heavy (non-hydrogen) atoms. The number of carboxylic acid groups (broad SMARTS) is 1. The van der Waals surface area contributed by atoms with E-state index in [4.69, 9.17) is 9.84 Å². The summed E-state index contributed by atoms with van der Waals surface area (Å²) >= 11 is 0. The second-order valence-corrected chi connectivity index (χ2v) is 3.01. The summed E-state index contributed by atoms with van der Waals surface area (Å²) in [7, 11) is 1.31. The normalized spacial score (nSPS) is 10.5. The van der Waals surface area contributed by atoms with E-state index in [1.54, 1.807) is 12.3 Å². The van der Waals surface area contributed by atoms with Crippen molar-refractivity contribution in [2.24, 2.45) is 0 Å². The van der Waals surface area contributed by atoms with Gasteiger partial charge in [0, 0.05) is 11.6 Å². The fourth-order valence-electron chi connectivity index (χ4n) is 1.55. The third-order valence-electron chi connectivity index (χ3n) is 2.18. The fraction of sp³-hybridized carbons (Fsp3) is 0.100. The molecule has 1 heterocycles. The van der Waals surface area contributed by atoms with Gasteiger partial charge in [-0.3, -0.25) is 0 Å². The second kappa shape index (κ2) is 3.27. The largest absolute Gasteiger partial charge is 0.495 e. The third kappa shape index (κ3) is 1.32. The molecule has 2 N–H and O–H groups in total. The molecule has 0 saturated heterocycles. The SMILES string of the molecule is COc1c(C(=O)O)c(F)cc2[nH]ccc12. The smallest absolute Gasteiger partial charge is 0.342 e. The van der Waals surface area contributed by atoms with Crippen LogP contribution in [-0.4, -0.2) is 23.2 Å². The molecule has 78 valence electrons. The maximum atomic E-state index is 13.4. The fourth-order valence-corrected chi connectivity index (χ4v) is 1.55. The maximum Gasteiger partial charge on any atom is 0.342 e. The molecule has 0 atom stereocenters. The summed E-state index contributed by atoms with van der Waals surface area (Å²) in [6.45, 7) is 0. The number of halogens is 1. The van der Waals surface area contributed by atoms with Crippen LogP contribution in [0.5, 0.6) is 5.75 Å². The molecule has 0 unspecified atom stereocenters. The molecule has 0 amide bonds. The van der Waals surface area contributed by atoms with Crippen molar-refractivity contribution in [3.05, 3.63) is 29.7 Å². The zero-order valence-corrected chi connectivity index (χ0v) is 7.87. The highest BCUT2D eigenvalue weighted by molar-refractivity contribution is 6.00. The number of aromatic carboxylic acids is 1. The van der Waals surface area contributed by atoms with E-state index >= 15 is 0 Å². The summed E-state index contributed by atoms with van der Waals surface area (Å²) in [6, 6.07) is 2.78. The molecule has 1 aromatic heterocycles. The highest BCUT2D eigenvalue weighted by Crippen LogP contribution is 2.31. The number of hydrogen-bond acceptors (Lipinski definition) is 2. The van der Waals surface area contributed by atoms with E-state index in [0.717, 1.165) is 6.07 Å². The first-order chi connectivity index (χ1) is 7.15. The molecule has 0 saturated carbocycles. The topological polar surface area (TPSA) is 62.3 Å². The van der Waals surface area contributed by atoms with Gasteiger partial charge in [0.25, 0.3) is 0 Å². The molecule has 0 bridgehead atoms. The number of fused-ring (bicyclic) bond motifs is 1. The molecule has 0 aliphatic heterocycles. The number of benzene rings is 1. The number of ether oxygens (including phenoxy) is 1. The Labute approximate surface area is 84.3 Å². The average molecular weight is 209 g/mol. The quantitative estimate of drug-likeness (QED) is 0.795. The first-order valence-electron chi connectivity index (χ1n) is 4.22. The number of aromatic amines is 1. The van der Waals surface area contributed by atoms with Crippen LogP contribution in [0.25, 0.3) is 10.9 Å². The van der Waals surface area contributed by atoms with Gasteiger partial charge in [-0.05, 0) is 12.1 Å². The highest BCUT2D eigenvalue weighted by atomic mass is 19.1. The molecule has 2 rings (SSSR count). The van der Waals surface area contributed by atoms with Crippen LogP contribution in [0, 0.1) is 5.82 Å². The molecule has 5 heteroatoms. The van der Waals surface area contributed by atoms with Gasteiger partial charge in [-0.2, -0.15) is 0 Å². The molecule has 1 aromatic carbocycles. The Balaban J connectivity index is 2.88. The molecule has 0 aliphatic rings. The van der Waals surface area contributed by atoms with Crippen molar-refractivity contribution in [2.75, 3.05) is 7.11 Å². The molecule has 0 spiro atoms. The number of carboxylic acids is 1. The van der Waals surface area contributed by atoms with Gasteiger partial charge in [-0.15, -0.1) is 0 Å². The minimum atomic E-state index is -1.34. The Kier molecular flexibility index (Phi) is 2.07. The molecule has 2 aromatic rings. The Bertz CT molecular complexity index is 533. The second-order valence-electron chi connectivity index (χ2n) is 3.01. The van der Waals surface area contributed by atoms with Gasteiger partial charge in [0.05, 0.1) is 12.6 Å². The number of aromatic nitrogens is 1. The molecule has 0 radical (unpaired) electrons. The number of carbonyl (C=O) groups is 1. The first-order valence-corrected chi connectivity index (χ1v) is 4.22. The van der Waals surface area contributed by atoms with Gasteiger partial charge in [-0.1, -0.05) is 0 Å². The lowest BCUT2D eigenvalue weighted by atomic mass is 10.1. The van der Waals surface area contributed by atoms with Gasteiger partial charge < -0.3 is 14.8 Å². The van der Waals surface area contributed by atoms with Crippen molar-refractivity contribution >= 4 is 16.9 Å². The Morgan fingerprint density at radius 3 is 2.93 bits per heavy atom. The lowest BCUT2D eigenvalue weighted by Crippen LogP contribution is -2.04. The van der Waals surface area contributed by atoms with E-state index in [1.165, 1.54) is 7.11 Å². The van der Waals surface area contributed by atoms with Crippen LogP contribution in [0.2, 0.25) is 0 Å². The van der Waals surface area contributed by atoms with Gasteiger partial charge >= 0.3 is 5.97 Å². The van der Waals surface area contributed by atoms with Crippen LogP contribution < -0.4 is 4.74 Å². The van der Waals surface area contributed by atoms with Crippen LogP contribution in [0.3, 0.4) is 0 Å². The Morgan fingerprint density at radius 1 is 1.60 bits per heavy atom. The van der Waals surface area contributed by atoms with Crippen molar-refractivity contribution in [3.63, 3.8) is 0 Å². The summed E-state index contributed by atoms with van der Waals surface area (Å²) in [5, 5.41) is 9.40. The number of H-pyrrole nitrogens is 1. The van der Waals surface area contributed by atoms with E-state index in [-0.39, 0.29) is 5.75 Å². The zero-order chi connectivity index (χ0) is 11.0. The zero-order valence-electron chi connectivity index (χ0n) is 7.87. The van der Waals surface area contributed by atoms with Crippen LogP contribution in [0.15, 0.2) is 18.3 Å². The minimum Gasteiger partial charge on any atom is -0.495 e. The summed E-state index contributed by atoms with van der Waals surface area (Å²) in [4.78, 5) is 13.6. The molecular weight excluding hydrogens is 201 g/mol. The van der Waals surface area contributed by atoms with Crippen LogP contribution >= 0.6 is 0 Å². The lowest BCUT2D eigenvalue weighted by Gasteiger charge is -2.07. The van der Waals surface area contributed by atoms with Crippen molar-refractivity contribution in [1.29, 1.82) is 0 Å². The third-order valence-corrected chi connectivity index (χ3v) is 2.18. The van der Waals surface area contributed by atoms with Crippen LogP contribution in [0.4, 0.5) is 4.39 Å². The van der Waals surface area contributed by atoms with E-state index in [1.807, 2.05) is 0 Å². The number of nitrogens with one attached hydrogen (secondary N) is 1. The molecular formula is C10H8FNO3. The highest BCUT2D eigenvalue weighted by Gasteiger charge is 2.20. The number of hydrogen-bond donors (Lipinski definition) is 2. The van der Waals surface area contributed by atoms with Gasteiger partial charge in [0.15, 0.2) is 0 Å². The summed E-state index contributed by atoms with van der Waals surface area (Å²) in [6.07, 6.45) is 1.60. The Morgan fingerprint density at radius 2 is 2.33 bits per heavy atom. The maximum absolute atomic E-state index is 13.4. The predicted molar refractivity (Wildman–Crippen MR) is 51.8 cm³/mol. The van der Waals surface area contributed by atoms with Crippen molar-refractivity contribution < 1.29 is 19.0 Å². The lowest BCUT2D eigenvalue weighted by molar-refractivity contribution is 0.0688. The van der Waals surface area contributed by atoms with Crippen LogP contribution in [0.1, 0.15) is 10.4 Å². The van der Waals surface area contributed by atoms with Crippen LogP contribution in [-0.2, 0) is 0 Å². The van der Waals surface area contributed by atoms with E-state index in [2.05, 4.69) is 4.98 Å². The van der Waals surface area contributed by atoms with Gasteiger partial charge in [0.2, 0.25) is 0 Å². The van der Waals surface area contributed by atoms with Gasteiger partial charge in [-0.25, -0.2) is 9.18 Å². The standard InChI is InChI=1S/C10H8FNO3/c1-15-9-5-2-3-12-7(5)4-6(11)8(9)10(13)14/h2-4,12H,1H3,(H,13,14). The molecule has 0 aliphatic carbocycles. The van der Waals surface area contributed by atoms with Gasteiger partial charge in [0.1, 0.15) is 17.1 Å². The monoisotopic (exact) mass is 209 g/mol. The van der Waals surface area contributed by atoms with E-state index in [9.17, 15) is 9.18 Å². The van der Waals surface area contributed by atoms with E-state index in [0.29, 0.717) is 10.9 Å². The first kappa shape index (κ1) is 9.51. The number of rotatable bonds is 2. The molecule has 0 fully saturated rings. The molecule has 4 nitrogen and oxygen atoms in total. The van der Waals surface area contributed by atoms with Crippen molar-refractivity contribution in [1.82, 2.24) is 4.98 Å². The summed E-state index contributed by atoms with van der Waals surface area (Å²) < 4.78 is 18.3. The Hall–Kier alpha value is -2.04. The average Bonchev–Trinajstić information content (AvgIpc) is 2.62.